The van der Waals surface area contributed by atoms with Gasteiger partial charge in [-0.1, -0.05) is 32.0 Å². The van der Waals surface area contributed by atoms with Gasteiger partial charge in [0.05, 0.1) is 17.5 Å². The van der Waals surface area contributed by atoms with E-state index >= 15 is 0 Å². The summed E-state index contributed by atoms with van der Waals surface area (Å²) in [6.45, 7) is 3.85. The number of aromatic nitrogens is 1. The van der Waals surface area contributed by atoms with Crippen molar-refractivity contribution in [3.8, 4) is 5.75 Å². The number of hydrogen-bond acceptors (Lipinski definition) is 5. The minimum Gasteiger partial charge on any atom is -0.497 e. The van der Waals surface area contributed by atoms with Gasteiger partial charge in [0.1, 0.15) is 17.6 Å². The van der Waals surface area contributed by atoms with E-state index < -0.39 is 22.0 Å². The predicted octanol–water partition coefficient (Wildman–Crippen LogP) is 3.58. The standard InChI is InChI=1S/C22H25N3O4S/c1-15(2)14-20(25-30(27,28)18-11-9-17(29-3)10-12-18)22(26)24-21-13-8-16-6-4-5-7-19(16)23-21/h4-13,15,20,25H,14H2,1-3H3,(H,23,24,26). The first-order valence-electron chi connectivity index (χ1n) is 9.61. The maximum atomic E-state index is 12.9. The van der Waals surface area contributed by atoms with Crippen molar-refractivity contribution in [2.45, 2.75) is 31.2 Å². The number of nitrogens with zero attached hydrogens (tertiary/aromatic N) is 1. The van der Waals surface area contributed by atoms with E-state index in [-0.39, 0.29) is 10.8 Å². The third-order valence-electron chi connectivity index (χ3n) is 4.54. The number of benzene rings is 2. The minimum atomic E-state index is -3.89. The molecule has 0 aliphatic heterocycles. The molecule has 1 aromatic heterocycles. The maximum absolute atomic E-state index is 12.9. The highest BCUT2D eigenvalue weighted by molar-refractivity contribution is 7.89. The highest BCUT2D eigenvalue weighted by atomic mass is 32.2. The number of carbonyl (C=O) groups excluding carboxylic acids is 1. The molecule has 1 atom stereocenters. The Balaban J connectivity index is 1.80. The van der Waals surface area contributed by atoms with E-state index in [9.17, 15) is 13.2 Å². The number of carbonyl (C=O) groups is 1. The van der Waals surface area contributed by atoms with Gasteiger partial charge in [0.15, 0.2) is 0 Å². The number of sulfonamides is 1. The molecule has 0 spiro atoms. The van der Waals surface area contributed by atoms with Gasteiger partial charge in [0.25, 0.3) is 0 Å². The van der Waals surface area contributed by atoms with Gasteiger partial charge in [-0.2, -0.15) is 4.72 Å². The molecule has 0 saturated heterocycles. The van der Waals surface area contributed by atoms with Crippen molar-refractivity contribution in [2.75, 3.05) is 12.4 Å². The van der Waals surface area contributed by atoms with Gasteiger partial charge in [-0.05, 0) is 54.8 Å². The zero-order valence-corrected chi connectivity index (χ0v) is 17.9. The number of ether oxygens (including phenoxy) is 1. The van der Waals surface area contributed by atoms with Gasteiger partial charge in [0, 0.05) is 5.39 Å². The van der Waals surface area contributed by atoms with Crippen LogP contribution in [0.2, 0.25) is 0 Å². The van der Waals surface area contributed by atoms with E-state index in [0.717, 1.165) is 10.9 Å². The van der Waals surface area contributed by atoms with Crippen molar-refractivity contribution in [3.05, 3.63) is 60.7 Å². The lowest BCUT2D eigenvalue weighted by molar-refractivity contribution is -0.118. The van der Waals surface area contributed by atoms with Crippen molar-refractivity contribution < 1.29 is 17.9 Å². The number of methoxy groups -OCH3 is 1. The Bertz CT molecular complexity index is 1130. The summed E-state index contributed by atoms with van der Waals surface area (Å²) in [7, 11) is -2.38. The van der Waals surface area contributed by atoms with Crippen LogP contribution in [-0.4, -0.2) is 32.5 Å². The first-order chi connectivity index (χ1) is 14.3. The summed E-state index contributed by atoms with van der Waals surface area (Å²) in [4.78, 5) is 17.4. The Hall–Kier alpha value is -2.97. The molecule has 2 N–H and O–H groups in total. The summed E-state index contributed by atoms with van der Waals surface area (Å²) in [5.41, 5.74) is 0.745. The average Bonchev–Trinajstić information content (AvgIpc) is 2.72. The molecule has 2 aromatic carbocycles. The van der Waals surface area contributed by atoms with Gasteiger partial charge in [-0.15, -0.1) is 0 Å². The molecule has 158 valence electrons. The third-order valence-corrected chi connectivity index (χ3v) is 6.03. The zero-order valence-electron chi connectivity index (χ0n) is 17.1. The summed E-state index contributed by atoms with van der Waals surface area (Å²) in [6, 6.07) is 16.2. The van der Waals surface area contributed by atoms with E-state index in [0.29, 0.717) is 18.0 Å². The van der Waals surface area contributed by atoms with Crippen LogP contribution in [0.5, 0.6) is 5.75 Å². The molecule has 0 bridgehead atoms. The second-order valence-corrected chi connectivity index (χ2v) is 9.07. The molecule has 3 aromatic rings. The van der Waals surface area contributed by atoms with Crippen LogP contribution in [0.4, 0.5) is 5.82 Å². The molecule has 3 rings (SSSR count). The van der Waals surface area contributed by atoms with Gasteiger partial charge >= 0.3 is 0 Å². The van der Waals surface area contributed by atoms with Crippen LogP contribution >= 0.6 is 0 Å². The number of hydrogen-bond donors (Lipinski definition) is 2. The molecule has 0 aliphatic carbocycles. The fourth-order valence-electron chi connectivity index (χ4n) is 3.04. The topological polar surface area (TPSA) is 97.4 Å². The Morgan fingerprint density at radius 1 is 1.03 bits per heavy atom. The SMILES string of the molecule is COc1ccc(S(=O)(=O)NC(CC(C)C)C(=O)Nc2ccc3ccccc3n2)cc1. The van der Waals surface area contributed by atoms with Crippen molar-refractivity contribution >= 4 is 32.7 Å². The van der Waals surface area contributed by atoms with E-state index in [2.05, 4.69) is 15.0 Å². The molecule has 0 saturated carbocycles. The molecular formula is C22H25N3O4S. The molecule has 0 fully saturated rings. The van der Waals surface area contributed by atoms with E-state index in [1.807, 2.05) is 44.2 Å². The number of rotatable bonds is 8. The quantitative estimate of drug-likeness (QED) is 0.573. The van der Waals surface area contributed by atoms with Crippen molar-refractivity contribution in [1.82, 2.24) is 9.71 Å². The molecular weight excluding hydrogens is 402 g/mol. The summed E-state index contributed by atoms with van der Waals surface area (Å²) >= 11 is 0. The van der Waals surface area contributed by atoms with Crippen LogP contribution in [-0.2, 0) is 14.8 Å². The normalized spacial score (nSPS) is 12.7. The Kier molecular flexibility index (Phi) is 6.69. The lowest BCUT2D eigenvalue weighted by Gasteiger charge is -2.20. The molecule has 1 amide bonds. The second-order valence-electron chi connectivity index (χ2n) is 7.36. The summed E-state index contributed by atoms with van der Waals surface area (Å²) in [5.74, 6) is 0.566. The molecule has 8 heteroatoms. The molecule has 0 aliphatic rings. The third kappa shape index (κ3) is 5.34. The van der Waals surface area contributed by atoms with Crippen LogP contribution in [0, 0.1) is 5.92 Å². The van der Waals surface area contributed by atoms with Gasteiger partial charge < -0.3 is 10.1 Å². The maximum Gasteiger partial charge on any atom is 0.243 e. The molecule has 0 radical (unpaired) electrons. The van der Waals surface area contributed by atoms with Crippen LogP contribution in [0.15, 0.2) is 65.6 Å². The second kappa shape index (κ2) is 9.23. The van der Waals surface area contributed by atoms with Gasteiger partial charge in [-0.3, -0.25) is 4.79 Å². The van der Waals surface area contributed by atoms with E-state index in [1.165, 1.54) is 19.2 Å². The van der Waals surface area contributed by atoms with Crippen LogP contribution in [0.3, 0.4) is 0 Å². The van der Waals surface area contributed by atoms with Crippen LogP contribution in [0.1, 0.15) is 20.3 Å². The number of pyridine rings is 1. The Labute approximate surface area is 176 Å². The summed E-state index contributed by atoms with van der Waals surface area (Å²) in [6.07, 6.45) is 0.342. The first-order valence-corrected chi connectivity index (χ1v) is 11.1. The Morgan fingerprint density at radius 2 is 1.73 bits per heavy atom. The van der Waals surface area contributed by atoms with Crippen LogP contribution < -0.4 is 14.8 Å². The molecule has 30 heavy (non-hydrogen) atoms. The summed E-state index contributed by atoms with van der Waals surface area (Å²) in [5, 5.41) is 3.69. The number of amides is 1. The molecule has 7 nitrogen and oxygen atoms in total. The fraction of sp³-hybridized carbons (Fsp3) is 0.273. The van der Waals surface area contributed by atoms with E-state index in [4.69, 9.17) is 4.74 Å². The monoisotopic (exact) mass is 427 g/mol. The smallest absolute Gasteiger partial charge is 0.243 e. The highest BCUT2D eigenvalue weighted by Crippen LogP contribution is 2.18. The van der Waals surface area contributed by atoms with Gasteiger partial charge in [0.2, 0.25) is 15.9 Å². The average molecular weight is 428 g/mol. The van der Waals surface area contributed by atoms with Gasteiger partial charge in [-0.25, -0.2) is 13.4 Å². The lowest BCUT2D eigenvalue weighted by atomic mass is 10.0. The fourth-order valence-corrected chi connectivity index (χ4v) is 4.25. The highest BCUT2D eigenvalue weighted by Gasteiger charge is 2.27. The minimum absolute atomic E-state index is 0.0636. The predicted molar refractivity (Wildman–Crippen MR) is 117 cm³/mol. The zero-order chi connectivity index (χ0) is 21.7. The molecule has 1 unspecified atom stereocenters. The summed E-state index contributed by atoms with van der Waals surface area (Å²) < 4.78 is 33.2. The van der Waals surface area contributed by atoms with Crippen molar-refractivity contribution in [1.29, 1.82) is 0 Å². The number of nitrogens with one attached hydrogen (secondary N) is 2. The van der Waals surface area contributed by atoms with Crippen molar-refractivity contribution in [3.63, 3.8) is 0 Å². The van der Waals surface area contributed by atoms with E-state index in [1.54, 1.807) is 18.2 Å². The molecule has 1 heterocycles. The Morgan fingerprint density at radius 3 is 2.40 bits per heavy atom. The van der Waals surface area contributed by atoms with Crippen molar-refractivity contribution in [2.24, 2.45) is 5.92 Å². The van der Waals surface area contributed by atoms with Crippen LogP contribution in [0.25, 0.3) is 10.9 Å². The largest absolute Gasteiger partial charge is 0.497 e. The number of para-hydroxylation sites is 1. The number of fused-ring (bicyclic) bond motifs is 1. The number of anilines is 1. The lowest BCUT2D eigenvalue weighted by Crippen LogP contribution is -2.44. The first kappa shape index (κ1) is 21.7.